The number of hydrogen-bond acceptors (Lipinski definition) is 2. The van der Waals surface area contributed by atoms with Gasteiger partial charge in [0.25, 0.3) is 5.56 Å². The standard InChI is InChI=1S/C13H19F3N2O/c1-10(2)6-7-17-8-9-18-11(13(14,15)16)4-3-5-12(18)19/h3-5,10,17H,6-9H2,1-2H3. The van der Waals surface area contributed by atoms with Crippen molar-refractivity contribution in [2.24, 2.45) is 5.92 Å². The van der Waals surface area contributed by atoms with Gasteiger partial charge in [0, 0.05) is 19.2 Å². The molecular formula is C13H19F3N2O. The highest BCUT2D eigenvalue weighted by Gasteiger charge is 2.33. The molecular weight excluding hydrogens is 257 g/mol. The number of halogens is 3. The molecule has 0 saturated heterocycles. The van der Waals surface area contributed by atoms with Crippen molar-refractivity contribution < 1.29 is 13.2 Å². The second-order valence-electron chi connectivity index (χ2n) is 4.83. The molecule has 0 aliphatic rings. The van der Waals surface area contributed by atoms with E-state index in [0.29, 0.717) is 12.5 Å². The Bertz CT molecular complexity index is 452. The van der Waals surface area contributed by atoms with E-state index in [2.05, 4.69) is 19.2 Å². The quantitative estimate of drug-likeness (QED) is 0.810. The summed E-state index contributed by atoms with van der Waals surface area (Å²) in [5, 5.41) is 3.04. The minimum atomic E-state index is -4.50. The number of nitrogens with zero attached hydrogens (tertiary/aromatic N) is 1. The van der Waals surface area contributed by atoms with Crippen molar-refractivity contribution in [3.05, 3.63) is 34.2 Å². The molecule has 0 bridgehead atoms. The zero-order valence-corrected chi connectivity index (χ0v) is 11.1. The third kappa shape index (κ3) is 5.06. The molecule has 108 valence electrons. The van der Waals surface area contributed by atoms with Crippen molar-refractivity contribution in [3.8, 4) is 0 Å². The lowest BCUT2D eigenvalue weighted by Crippen LogP contribution is -2.32. The molecule has 6 heteroatoms. The average Bonchev–Trinajstić information content (AvgIpc) is 2.28. The van der Waals surface area contributed by atoms with Crippen LogP contribution in [0.3, 0.4) is 0 Å². The highest BCUT2D eigenvalue weighted by Crippen LogP contribution is 2.27. The lowest BCUT2D eigenvalue weighted by molar-refractivity contribution is -0.144. The van der Waals surface area contributed by atoms with Crippen molar-refractivity contribution in [1.82, 2.24) is 9.88 Å². The van der Waals surface area contributed by atoms with Crippen LogP contribution in [0.25, 0.3) is 0 Å². The fourth-order valence-corrected chi connectivity index (χ4v) is 1.70. The Morgan fingerprint density at radius 1 is 1.26 bits per heavy atom. The minimum absolute atomic E-state index is 0.0204. The first kappa shape index (κ1) is 15.8. The van der Waals surface area contributed by atoms with E-state index < -0.39 is 17.4 Å². The number of aromatic nitrogens is 1. The van der Waals surface area contributed by atoms with Gasteiger partial charge in [-0.15, -0.1) is 0 Å². The van der Waals surface area contributed by atoms with E-state index >= 15 is 0 Å². The average molecular weight is 276 g/mol. The van der Waals surface area contributed by atoms with Gasteiger partial charge in [0.2, 0.25) is 0 Å². The van der Waals surface area contributed by atoms with Crippen LogP contribution in [0.5, 0.6) is 0 Å². The largest absolute Gasteiger partial charge is 0.431 e. The molecule has 3 nitrogen and oxygen atoms in total. The van der Waals surface area contributed by atoms with Crippen LogP contribution < -0.4 is 10.9 Å². The normalized spacial score (nSPS) is 12.1. The monoisotopic (exact) mass is 276 g/mol. The molecule has 0 atom stereocenters. The molecule has 0 aliphatic carbocycles. The van der Waals surface area contributed by atoms with Gasteiger partial charge < -0.3 is 9.88 Å². The summed E-state index contributed by atoms with van der Waals surface area (Å²) in [5.41, 5.74) is -1.52. The molecule has 1 heterocycles. The predicted octanol–water partition coefficient (Wildman–Crippen LogP) is 2.50. The highest BCUT2D eigenvalue weighted by molar-refractivity contribution is 5.10. The van der Waals surface area contributed by atoms with E-state index in [0.717, 1.165) is 35.7 Å². The summed E-state index contributed by atoms with van der Waals surface area (Å²) >= 11 is 0. The molecule has 0 amide bonds. The van der Waals surface area contributed by atoms with Gasteiger partial charge in [-0.3, -0.25) is 4.79 Å². The summed E-state index contributed by atoms with van der Waals surface area (Å²) in [6.45, 7) is 5.25. The predicted molar refractivity (Wildman–Crippen MR) is 68.0 cm³/mol. The van der Waals surface area contributed by atoms with Crippen LogP contribution in [-0.4, -0.2) is 17.7 Å². The third-order valence-corrected chi connectivity index (χ3v) is 2.75. The maximum atomic E-state index is 12.7. The molecule has 0 aromatic carbocycles. The van der Waals surface area contributed by atoms with E-state index in [1.54, 1.807) is 0 Å². The molecule has 0 radical (unpaired) electrons. The van der Waals surface area contributed by atoms with Crippen LogP contribution in [0.2, 0.25) is 0 Å². The number of alkyl halides is 3. The Morgan fingerprint density at radius 3 is 2.53 bits per heavy atom. The molecule has 19 heavy (non-hydrogen) atoms. The smallest absolute Gasteiger partial charge is 0.315 e. The van der Waals surface area contributed by atoms with E-state index in [4.69, 9.17) is 0 Å². The van der Waals surface area contributed by atoms with Gasteiger partial charge in [-0.1, -0.05) is 19.9 Å². The number of rotatable bonds is 6. The molecule has 1 aromatic heterocycles. The van der Waals surface area contributed by atoms with E-state index in [1.165, 1.54) is 0 Å². The van der Waals surface area contributed by atoms with Gasteiger partial charge in [-0.25, -0.2) is 0 Å². The van der Waals surface area contributed by atoms with Gasteiger partial charge in [0.05, 0.1) is 0 Å². The van der Waals surface area contributed by atoms with Crippen LogP contribution in [0, 0.1) is 5.92 Å². The maximum Gasteiger partial charge on any atom is 0.431 e. The van der Waals surface area contributed by atoms with E-state index in [-0.39, 0.29) is 6.54 Å². The summed E-state index contributed by atoms with van der Waals surface area (Å²) in [4.78, 5) is 11.5. The lowest BCUT2D eigenvalue weighted by Gasteiger charge is -2.15. The first-order valence-corrected chi connectivity index (χ1v) is 6.30. The fourth-order valence-electron chi connectivity index (χ4n) is 1.70. The highest BCUT2D eigenvalue weighted by atomic mass is 19.4. The van der Waals surface area contributed by atoms with Crippen LogP contribution in [0.1, 0.15) is 26.0 Å². The molecule has 1 aromatic rings. The van der Waals surface area contributed by atoms with Gasteiger partial charge in [-0.05, 0) is 24.9 Å². The minimum Gasteiger partial charge on any atom is -0.315 e. The van der Waals surface area contributed by atoms with Gasteiger partial charge >= 0.3 is 6.18 Å². The van der Waals surface area contributed by atoms with E-state index in [9.17, 15) is 18.0 Å². The zero-order valence-electron chi connectivity index (χ0n) is 11.1. The molecule has 0 saturated carbocycles. The van der Waals surface area contributed by atoms with Crippen LogP contribution in [-0.2, 0) is 12.7 Å². The van der Waals surface area contributed by atoms with Crippen molar-refractivity contribution >= 4 is 0 Å². The third-order valence-electron chi connectivity index (χ3n) is 2.75. The Balaban J connectivity index is 2.65. The molecule has 0 spiro atoms. The molecule has 0 fully saturated rings. The molecule has 0 aliphatic heterocycles. The first-order valence-electron chi connectivity index (χ1n) is 6.30. The maximum absolute atomic E-state index is 12.7. The zero-order chi connectivity index (χ0) is 14.5. The second-order valence-corrected chi connectivity index (χ2v) is 4.83. The van der Waals surface area contributed by atoms with Crippen molar-refractivity contribution in [3.63, 3.8) is 0 Å². The number of pyridine rings is 1. The van der Waals surface area contributed by atoms with E-state index in [1.807, 2.05) is 0 Å². The molecule has 1 N–H and O–H groups in total. The van der Waals surface area contributed by atoms with Crippen molar-refractivity contribution in [2.75, 3.05) is 13.1 Å². The summed E-state index contributed by atoms with van der Waals surface area (Å²) < 4.78 is 39.0. The van der Waals surface area contributed by atoms with Crippen molar-refractivity contribution in [1.29, 1.82) is 0 Å². The van der Waals surface area contributed by atoms with Crippen LogP contribution in [0.15, 0.2) is 23.0 Å². The number of hydrogen-bond donors (Lipinski definition) is 1. The SMILES string of the molecule is CC(C)CCNCCn1c(C(F)(F)F)cccc1=O. The van der Waals surface area contributed by atoms with Gasteiger partial charge in [0.1, 0.15) is 5.69 Å². The lowest BCUT2D eigenvalue weighted by atomic mass is 10.1. The van der Waals surface area contributed by atoms with Crippen LogP contribution in [0.4, 0.5) is 13.2 Å². The van der Waals surface area contributed by atoms with Crippen molar-refractivity contribution in [2.45, 2.75) is 33.0 Å². The number of nitrogens with one attached hydrogen (secondary N) is 1. The van der Waals surface area contributed by atoms with Gasteiger partial charge in [0.15, 0.2) is 0 Å². The second kappa shape index (κ2) is 6.75. The summed E-state index contributed by atoms with van der Waals surface area (Å²) in [5.74, 6) is 0.540. The topological polar surface area (TPSA) is 34.0 Å². The Kier molecular flexibility index (Phi) is 5.60. The molecule has 1 rings (SSSR count). The first-order chi connectivity index (χ1) is 8.82. The Labute approximate surface area is 110 Å². The summed E-state index contributed by atoms with van der Waals surface area (Å²) in [6.07, 6.45) is -3.55. The Morgan fingerprint density at radius 2 is 1.95 bits per heavy atom. The van der Waals surface area contributed by atoms with Crippen LogP contribution >= 0.6 is 0 Å². The summed E-state index contributed by atoms with van der Waals surface area (Å²) in [6, 6.07) is 3.20. The van der Waals surface area contributed by atoms with Gasteiger partial charge in [-0.2, -0.15) is 13.2 Å². The Hall–Kier alpha value is -1.30. The fraction of sp³-hybridized carbons (Fsp3) is 0.615. The molecule has 0 unspecified atom stereocenters. The summed E-state index contributed by atoms with van der Waals surface area (Å²) in [7, 11) is 0.